The third kappa shape index (κ3) is 4.04. The smallest absolute Gasteiger partial charge is 0.227 e. The van der Waals surface area contributed by atoms with Gasteiger partial charge in [-0.3, -0.25) is 19.7 Å². The van der Waals surface area contributed by atoms with Crippen molar-refractivity contribution in [2.75, 3.05) is 26.2 Å². The van der Waals surface area contributed by atoms with Crippen LogP contribution in [-0.2, 0) is 4.79 Å². The van der Waals surface area contributed by atoms with Crippen molar-refractivity contribution in [1.29, 1.82) is 0 Å². The van der Waals surface area contributed by atoms with Crippen molar-refractivity contribution >= 4 is 16.8 Å². The van der Waals surface area contributed by atoms with Gasteiger partial charge in [-0.1, -0.05) is 23.8 Å². The van der Waals surface area contributed by atoms with Gasteiger partial charge in [-0.2, -0.15) is 0 Å². The number of piperidine rings is 1. The predicted octanol–water partition coefficient (Wildman–Crippen LogP) is 3.35. The number of allylic oxidation sites excluding steroid dienone is 2. The zero-order valence-electron chi connectivity index (χ0n) is 20.5. The fourth-order valence-electron chi connectivity index (χ4n) is 6.57. The number of aliphatic hydroxyl groups is 1. The Bertz CT molecular complexity index is 1200. The highest BCUT2D eigenvalue weighted by atomic mass is 16.5. The van der Waals surface area contributed by atoms with Crippen molar-refractivity contribution < 1.29 is 14.6 Å². The molecule has 2 aliphatic heterocycles. The van der Waals surface area contributed by atoms with Gasteiger partial charge >= 0.3 is 0 Å². The first-order valence-electron chi connectivity index (χ1n) is 12.8. The monoisotopic (exact) mass is 474 g/mol. The normalized spacial score (nSPS) is 31.7. The lowest BCUT2D eigenvalue weighted by molar-refractivity contribution is -0.131. The summed E-state index contributed by atoms with van der Waals surface area (Å²) in [5.41, 5.74) is 2.27. The van der Waals surface area contributed by atoms with E-state index in [1.165, 1.54) is 5.57 Å². The molecule has 1 saturated carbocycles. The lowest BCUT2D eigenvalue weighted by Gasteiger charge is -2.41. The Morgan fingerprint density at radius 3 is 2.83 bits per heavy atom. The second kappa shape index (κ2) is 8.42. The van der Waals surface area contributed by atoms with Gasteiger partial charge in [0.1, 0.15) is 12.4 Å². The largest absolute Gasteiger partial charge is 0.491 e. The Morgan fingerprint density at radius 2 is 2.06 bits per heavy atom. The Labute approximate surface area is 206 Å². The fourth-order valence-corrected chi connectivity index (χ4v) is 6.57. The summed E-state index contributed by atoms with van der Waals surface area (Å²) in [5.74, 6) is 1.51. The number of carbonyl (C=O) groups is 1. The minimum absolute atomic E-state index is 0.148. The maximum absolute atomic E-state index is 12.9. The average Bonchev–Trinajstić information content (AvgIpc) is 3.08. The van der Waals surface area contributed by atoms with Crippen LogP contribution in [-0.4, -0.2) is 63.8 Å². The van der Waals surface area contributed by atoms with Crippen LogP contribution in [0.5, 0.6) is 5.75 Å². The summed E-state index contributed by atoms with van der Waals surface area (Å²) in [7, 11) is 0. The number of pyridine rings is 2. The van der Waals surface area contributed by atoms with E-state index < -0.39 is 5.60 Å². The highest BCUT2D eigenvalue weighted by Gasteiger charge is 2.54. The van der Waals surface area contributed by atoms with E-state index >= 15 is 0 Å². The average molecular weight is 475 g/mol. The number of amides is 1. The molecule has 4 aliphatic rings. The first-order valence-corrected chi connectivity index (χ1v) is 12.8. The molecule has 2 saturated heterocycles. The van der Waals surface area contributed by atoms with Gasteiger partial charge in [-0.25, -0.2) is 0 Å². The molecule has 0 radical (unpaired) electrons. The Hall–Kier alpha value is -2.77. The van der Waals surface area contributed by atoms with Crippen LogP contribution < -0.4 is 10.1 Å². The number of hydrogen-bond acceptors (Lipinski definition) is 6. The number of fused-ring (bicyclic) bond motifs is 3. The van der Waals surface area contributed by atoms with E-state index in [1.54, 1.807) is 6.20 Å². The molecule has 184 valence electrons. The van der Waals surface area contributed by atoms with Crippen LogP contribution >= 0.6 is 0 Å². The molecule has 2 aliphatic carbocycles. The summed E-state index contributed by atoms with van der Waals surface area (Å²) in [4.78, 5) is 24.5. The van der Waals surface area contributed by atoms with Crippen molar-refractivity contribution in [3.05, 3.63) is 54.0 Å². The van der Waals surface area contributed by atoms with E-state index in [-0.39, 0.29) is 29.2 Å². The van der Waals surface area contributed by atoms with Crippen molar-refractivity contribution in [3.8, 4) is 5.75 Å². The molecule has 2 aromatic rings. The minimum Gasteiger partial charge on any atom is -0.491 e. The fraction of sp³-hybridized carbons (Fsp3) is 0.536. The van der Waals surface area contributed by atoms with Crippen LogP contribution in [0.15, 0.2) is 48.3 Å². The predicted molar refractivity (Wildman–Crippen MR) is 134 cm³/mol. The second-order valence-corrected chi connectivity index (χ2v) is 11.2. The van der Waals surface area contributed by atoms with E-state index in [9.17, 15) is 9.90 Å². The first kappa shape index (κ1) is 22.7. The molecule has 0 bridgehead atoms. The van der Waals surface area contributed by atoms with Gasteiger partial charge in [0.05, 0.1) is 34.5 Å². The van der Waals surface area contributed by atoms with Gasteiger partial charge in [-0.15, -0.1) is 0 Å². The molecule has 0 aromatic carbocycles. The van der Waals surface area contributed by atoms with Gasteiger partial charge in [0.25, 0.3) is 0 Å². The number of nitrogens with one attached hydrogen (secondary N) is 1. The summed E-state index contributed by atoms with van der Waals surface area (Å²) in [6, 6.07) is 4.15. The number of likely N-dealkylation sites (tertiary alicyclic amines) is 1. The van der Waals surface area contributed by atoms with E-state index in [0.717, 1.165) is 67.7 Å². The van der Waals surface area contributed by atoms with E-state index in [1.807, 2.05) is 25.3 Å². The highest BCUT2D eigenvalue weighted by Crippen LogP contribution is 2.48. The number of hydrogen-bond donors (Lipinski definition) is 2. The summed E-state index contributed by atoms with van der Waals surface area (Å²) >= 11 is 0. The SMILES string of the molecule is CC1=CC2C(C=C1)NC(=O)C21CCN(CCOc2cnc3c(C4CC(C)(O)C4)nccc3c2)CC1. The number of carbonyl (C=O) groups excluding carboxylic acids is 1. The Morgan fingerprint density at radius 1 is 1.26 bits per heavy atom. The van der Waals surface area contributed by atoms with Crippen LogP contribution in [0.1, 0.15) is 51.1 Å². The third-order valence-corrected chi connectivity index (χ3v) is 8.57. The number of nitrogens with zero attached hydrogens (tertiary/aromatic N) is 3. The molecule has 6 rings (SSSR count). The van der Waals surface area contributed by atoms with Crippen molar-refractivity contribution in [3.63, 3.8) is 0 Å². The second-order valence-electron chi connectivity index (χ2n) is 11.2. The molecule has 1 spiro atoms. The van der Waals surface area contributed by atoms with Gasteiger partial charge < -0.3 is 15.2 Å². The molecule has 7 nitrogen and oxygen atoms in total. The van der Waals surface area contributed by atoms with Crippen molar-refractivity contribution in [2.45, 2.75) is 57.1 Å². The minimum atomic E-state index is -0.585. The zero-order chi connectivity index (χ0) is 24.2. The van der Waals surface area contributed by atoms with E-state index in [2.05, 4.69) is 45.3 Å². The standard InChI is InChI=1S/C28H34N4O3/c1-18-3-4-23-22(13-18)28(26(33)31-23)6-9-32(10-7-28)11-12-35-21-14-19-5-8-29-25(24(19)30-17-21)20-15-27(2,34)16-20/h3-5,8,13-14,17,20,22-23,34H,6-7,9-12,15-16H2,1-2H3,(H,31,33). The lowest BCUT2D eigenvalue weighted by Crippen LogP contribution is -2.47. The van der Waals surface area contributed by atoms with Gasteiger partial charge in [0.15, 0.2) is 0 Å². The molecule has 2 unspecified atom stereocenters. The van der Waals surface area contributed by atoms with E-state index in [0.29, 0.717) is 6.61 Å². The molecule has 7 heteroatoms. The molecule has 3 fully saturated rings. The van der Waals surface area contributed by atoms with Gasteiger partial charge in [0, 0.05) is 30.0 Å². The quantitative estimate of drug-likeness (QED) is 0.691. The highest BCUT2D eigenvalue weighted by molar-refractivity contribution is 5.87. The molecule has 2 atom stereocenters. The van der Waals surface area contributed by atoms with Crippen molar-refractivity contribution in [2.24, 2.45) is 11.3 Å². The summed E-state index contributed by atoms with van der Waals surface area (Å²) in [5, 5.41) is 14.3. The molecule has 2 aromatic heterocycles. The number of rotatable bonds is 5. The van der Waals surface area contributed by atoms with Crippen LogP contribution in [0.4, 0.5) is 0 Å². The molecular formula is C28H34N4O3. The molecule has 4 heterocycles. The molecule has 1 amide bonds. The summed E-state index contributed by atoms with van der Waals surface area (Å²) in [6.45, 7) is 7.23. The maximum Gasteiger partial charge on any atom is 0.227 e. The summed E-state index contributed by atoms with van der Waals surface area (Å²) in [6.07, 6.45) is 13.4. The molecule has 2 N–H and O–H groups in total. The number of aromatic nitrogens is 2. The lowest BCUT2D eigenvalue weighted by atomic mass is 9.67. The Balaban J connectivity index is 1.05. The van der Waals surface area contributed by atoms with Crippen LogP contribution in [0.25, 0.3) is 10.9 Å². The zero-order valence-corrected chi connectivity index (χ0v) is 20.5. The topological polar surface area (TPSA) is 87.6 Å². The van der Waals surface area contributed by atoms with E-state index in [4.69, 9.17) is 4.74 Å². The van der Waals surface area contributed by atoms with Crippen LogP contribution in [0.2, 0.25) is 0 Å². The summed E-state index contributed by atoms with van der Waals surface area (Å²) < 4.78 is 6.07. The third-order valence-electron chi connectivity index (χ3n) is 8.57. The Kier molecular flexibility index (Phi) is 5.45. The molecular weight excluding hydrogens is 440 g/mol. The van der Waals surface area contributed by atoms with Crippen LogP contribution in [0.3, 0.4) is 0 Å². The van der Waals surface area contributed by atoms with Gasteiger partial charge in [-0.05, 0) is 64.8 Å². The molecule has 35 heavy (non-hydrogen) atoms. The van der Waals surface area contributed by atoms with Crippen LogP contribution in [0, 0.1) is 11.3 Å². The van der Waals surface area contributed by atoms with Gasteiger partial charge in [0.2, 0.25) is 5.91 Å². The first-order chi connectivity index (χ1) is 16.8. The maximum atomic E-state index is 12.9. The van der Waals surface area contributed by atoms with Crippen molar-refractivity contribution in [1.82, 2.24) is 20.2 Å². The number of ether oxygens (including phenoxy) is 1.